The van der Waals surface area contributed by atoms with Gasteiger partial charge >= 0.3 is 0 Å². The number of hydrogen-bond acceptors (Lipinski definition) is 3. The van der Waals surface area contributed by atoms with Gasteiger partial charge in [-0.2, -0.15) is 0 Å². The van der Waals surface area contributed by atoms with E-state index in [0.717, 1.165) is 0 Å². The van der Waals surface area contributed by atoms with E-state index in [1.807, 2.05) is 0 Å². The van der Waals surface area contributed by atoms with Gasteiger partial charge in [0, 0.05) is 18.8 Å². The molecule has 2 rings (SSSR count). The van der Waals surface area contributed by atoms with Gasteiger partial charge in [0.15, 0.2) is 23.2 Å². The summed E-state index contributed by atoms with van der Waals surface area (Å²) < 4.78 is 40.0. The Morgan fingerprint density at radius 3 is 2.39 bits per heavy atom. The van der Waals surface area contributed by atoms with Crippen molar-refractivity contribution in [1.82, 2.24) is 15.0 Å². The molecule has 4 nitrogen and oxygen atoms in total. The summed E-state index contributed by atoms with van der Waals surface area (Å²) in [6, 6.07) is 1.33. The summed E-state index contributed by atoms with van der Waals surface area (Å²) in [5, 5.41) is 7.29. The molecule has 1 heterocycles. The van der Waals surface area contributed by atoms with Gasteiger partial charge in [-0.3, -0.25) is 9.48 Å². The summed E-state index contributed by atoms with van der Waals surface area (Å²) in [6.07, 6.45) is 1.35. The summed E-state index contributed by atoms with van der Waals surface area (Å²) in [5.41, 5.74) is 0.129. The monoisotopic (exact) mass is 255 g/mol. The van der Waals surface area contributed by atoms with E-state index in [4.69, 9.17) is 0 Å². The van der Waals surface area contributed by atoms with Gasteiger partial charge in [-0.1, -0.05) is 5.21 Å². The predicted octanol–water partition coefficient (Wildman–Crippen LogP) is 1.66. The minimum Gasteiger partial charge on any atom is -0.294 e. The molecule has 7 heteroatoms. The highest BCUT2D eigenvalue weighted by Gasteiger charge is 2.16. The average molecular weight is 255 g/mol. The largest absolute Gasteiger partial charge is 0.294 e. The third-order valence-corrected chi connectivity index (χ3v) is 2.30. The van der Waals surface area contributed by atoms with Crippen molar-refractivity contribution in [3.05, 3.63) is 47.0 Å². The number of carbonyl (C=O) groups is 1. The first-order valence-corrected chi connectivity index (χ1v) is 5.00. The topological polar surface area (TPSA) is 47.8 Å². The molecular weight excluding hydrogens is 247 g/mol. The molecule has 1 aromatic heterocycles. The van der Waals surface area contributed by atoms with Crippen LogP contribution in [0.15, 0.2) is 18.3 Å². The molecule has 0 N–H and O–H groups in total. The number of ketones is 1. The lowest BCUT2D eigenvalue weighted by molar-refractivity contribution is 0.0990. The molecule has 0 aliphatic heterocycles. The number of aryl methyl sites for hydroxylation is 1. The van der Waals surface area contributed by atoms with Crippen LogP contribution >= 0.6 is 0 Å². The summed E-state index contributed by atoms with van der Waals surface area (Å²) in [5.74, 6) is -4.94. The maximum Gasteiger partial charge on any atom is 0.194 e. The van der Waals surface area contributed by atoms with Gasteiger partial charge in [-0.05, 0) is 12.1 Å². The van der Waals surface area contributed by atoms with E-state index in [2.05, 4.69) is 10.3 Å². The fourth-order valence-electron chi connectivity index (χ4n) is 1.46. The maximum absolute atomic E-state index is 12.9. The van der Waals surface area contributed by atoms with Crippen LogP contribution < -0.4 is 0 Å². The number of Topliss-reactive ketones (excluding diaryl/α,β-unsaturated/α-hetero) is 1. The first kappa shape index (κ1) is 12.3. The van der Waals surface area contributed by atoms with Crippen LogP contribution in [0.3, 0.4) is 0 Å². The van der Waals surface area contributed by atoms with E-state index in [-0.39, 0.29) is 12.0 Å². The lowest BCUT2D eigenvalue weighted by Crippen LogP contribution is -2.06. The van der Waals surface area contributed by atoms with Crippen molar-refractivity contribution < 1.29 is 18.0 Å². The van der Waals surface area contributed by atoms with Crippen LogP contribution in [0.1, 0.15) is 16.1 Å². The standard InChI is InChI=1S/C11H8F3N3O/c1-17-5-7(15-16-17)4-10(18)6-2-8(12)11(14)9(13)3-6/h2-3,5H,4H2,1H3. The minimum absolute atomic E-state index is 0.154. The molecule has 0 radical (unpaired) electrons. The SMILES string of the molecule is Cn1cc(CC(=O)c2cc(F)c(F)c(F)c2)nn1. The molecule has 94 valence electrons. The van der Waals surface area contributed by atoms with Crippen molar-refractivity contribution in [2.24, 2.45) is 7.05 Å². The second-order valence-corrected chi connectivity index (χ2v) is 3.74. The van der Waals surface area contributed by atoms with Crippen molar-refractivity contribution in [2.45, 2.75) is 6.42 Å². The minimum atomic E-state index is -1.59. The number of aromatic nitrogens is 3. The molecule has 18 heavy (non-hydrogen) atoms. The van der Waals surface area contributed by atoms with E-state index < -0.39 is 23.2 Å². The molecule has 0 spiro atoms. The van der Waals surface area contributed by atoms with Crippen LogP contribution in [-0.4, -0.2) is 20.8 Å². The van der Waals surface area contributed by atoms with Gasteiger partial charge in [0.05, 0.1) is 12.1 Å². The van der Waals surface area contributed by atoms with Crippen molar-refractivity contribution in [1.29, 1.82) is 0 Å². The van der Waals surface area contributed by atoms with Crippen LogP contribution in [0.4, 0.5) is 13.2 Å². The third kappa shape index (κ3) is 2.39. The molecule has 2 aromatic rings. The van der Waals surface area contributed by atoms with Crippen molar-refractivity contribution in [3.63, 3.8) is 0 Å². The Balaban J connectivity index is 2.24. The van der Waals surface area contributed by atoms with Crippen LogP contribution in [0.5, 0.6) is 0 Å². The summed E-state index contributed by atoms with van der Waals surface area (Å²) in [7, 11) is 1.62. The number of nitrogens with zero attached hydrogens (tertiary/aromatic N) is 3. The lowest BCUT2D eigenvalue weighted by atomic mass is 10.1. The molecule has 0 bridgehead atoms. The maximum atomic E-state index is 12.9. The highest BCUT2D eigenvalue weighted by molar-refractivity contribution is 5.97. The molecule has 1 aromatic carbocycles. The molecule has 0 fully saturated rings. The number of benzene rings is 1. The number of halogens is 3. The Kier molecular flexibility index (Phi) is 3.14. The summed E-state index contributed by atoms with van der Waals surface area (Å²) >= 11 is 0. The molecule has 0 saturated heterocycles. The van der Waals surface area contributed by atoms with Crippen LogP contribution in [0, 0.1) is 17.5 Å². The normalized spacial score (nSPS) is 10.7. The van der Waals surface area contributed by atoms with E-state index in [1.165, 1.54) is 10.9 Å². The second-order valence-electron chi connectivity index (χ2n) is 3.74. The van der Waals surface area contributed by atoms with E-state index in [9.17, 15) is 18.0 Å². The van der Waals surface area contributed by atoms with Crippen molar-refractivity contribution in [2.75, 3.05) is 0 Å². The van der Waals surface area contributed by atoms with Gasteiger partial charge in [0.2, 0.25) is 0 Å². The van der Waals surface area contributed by atoms with Crippen LogP contribution in [-0.2, 0) is 13.5 Å². The molecule has 0 saturated carbocycles. The smallest absolute Gasteiger partial charge is 0.194 e. The fourth-order valence-corrected chi connectivity index (χ4v) is 1.46. The van der Waals surface area contributed by atoms with E-state index >= 15 is 0 Å². The number of rotatable bonds is 3. The highest BCUT2D eigenvalue weighted by atomic mass is 19.2. The van der Waals surface area contributed by atoms with Gasteiger partial charge < -0.3 is 0 Å². The Morgan fingerprint density at radius 2 is 1.89 bits per heavy atom. The van der Waals surface area contributed by atoms with Crippen molar-refractivity contribution >= 4 is 5.78 Å². The lowest BCUT2D eigenvalue weighted by Gasteiger charge is -2.01. The van der Waals surface area contributed by atoms with E-state index in [1.54, 1.807) is 7.05 Å². The predicted molar refractivity (Wildman–Crippen MR) is 55.4 cm³/mol. The van der Waals surface area contributed by atoms with Gasteiger partial charge in [0.25, 0.3) is 0 Å². The zero-order chi connectivity index (χ0) is 13.3. The summed E-state index contributed by atoms with van der Waals surface area (Å²) in [4.78, 5) is 11.7. The number of carbonyl (C=O) groups excluding carboxylic acids is 1. The first-order valence-electron chi connectivity index (χ1n) is 5.00. The Morgan fingerprint density at radius 1 is 1.28 bits per heavy atom. The van der Waals surface area contributed by atoms with Crippen molar-refractivity contribution in [3.8, 4) is 0 Å². The zero-order valence-corrected chi connectivity index (χ0v) is 9.32. The number of hydrogen-bond donors (Lipinski definition) is 0. The molecular formula is C11H8F3N3O. The molecule has 0 atom stereocenters. The van der Waals surface area contributed by atoms with Gasteiger partial charge in [-0.25, -0.2) is 13.2 Å². The Bertz CT molecular complexity index is 586. The molecule has 0 unspecified atom stereocenters. The zero-order valence-electron chi connectivity index (χ0n) is 9.32. The fraction of sp³-hybridized carbons (Fsp3) is 0.182. The summed E-state index contributed by atoms with van der Waals surface area (Å²) in [6.45, 7) is 0. The molecule has 0 aliphatic carbocycles. The second kappa shape index (κ2) is 4.59. The molecule has 0 amide bonds. The quantitative estimate of drug-likeness (QED) is 0.619. The van der Waals surface area contributed by atoms with Gasteiger partial charge in [0.1, 0.15) is 0 Å². The van der Waals surface area contributed by atoms with Gasteiger partial charge in [-0.15, -0.1) is 5.10 Å². The Labute approximate surface area is 100 Å². The average Bonchev–Trinajstić information content (AvgIpc) is 2.71. The Hall–Kier alpha value is -2.18. The van der Waals surface area contributed by atoms with Crippen LogP contribution in [0.2, 0.25) is 0 Å². The highest BCUT2D eigenvalue weighted by Crippen LogP contribution is 2.15. The third-order valence-electron chi connectivity index (χ3n) is 2.30. The molecule has 0 aliphatic rings. The van der Waals surface area contributed by atoms with Crippen LogP contribution in [0.25, 0.3) is 0 Å². The first-order chi connectivity index (χ1) is 8.47. The van der Waals surface area contributed by atoms with E-state index in [0.29, 0.717) is 17.8 Å².